The molecule has 0 aliphatic heterocycles. The summed E-state index contributed by atoms with van der Waals surface area (Å²) in [5.74, 6) is 1.84. The Kier molecular flexibility index (Phi) is 5.49. The minimum Gasteiger partial charge on any atom is -0.334 e. The average Bonchev–Trinajstić information content (AvgIpc) is 3.51. The van der Waals surface area contributed by atoms with Crippen molar-refractivity contribution in [2.75, 3.05) is 5.32 Å². The van der Waals surface area contributed by atoms with Crippen LogP contribution in [0.25, 0.3) is 11.5 Å². The molecule has 32 heavy (non-hydrogen) atoms. The van der Waals surface area contributed by atoms with E-state index in [-0.39, 0.29) is 17.7 Å². The molecule has 3 atom stereocenters. The predicted molar refractivity (Wildman–Crippen MR) is 124 cm³/mol. The van der Waals surface area contributed by atoms with E-state index in [1.165, 1.54) is 5.56 Å². The first-order chi connectivity index (χ1) is 15.4. The zero-order valence-electron chi connectivity index (χ0n) is 18.6. The first kappa shape index (κ1) is 21.1. The summed E-state index contributed by atoms with van der Waals surface area (Å²) in [5.41, 5.74) is 4.62. The summed E-state index contributed by atoms with van der Waals surface area (Å²) in [6.45, 7) is 6.22. The third kappa shape index (κ3) is 4.04. The standard InChI is InChI=1S/C25H27ClN4O2/c1-13-4-9-19(22-18(13)10-5-14(2)27-22)15(3)24(31)28-17-8-11-21(26)20(12-17)25-29-23(30-32-25)16-6-7-16/h5,8,10-13,15-16,19H,4,6-7,9H2,1-3H3,(H,28,31)/t13-,15-,19+/m1/s1. The minimum atomic E-state index is -0.209. The monoisotopic (exact) mass is 450 g/mol. The second-order valence-corrected chi connectivity index (χ2v) is 9.62. The number of halogens is 1. The molecule has 1 saturated carbocycles. The van der Waals surface area contributed by atoms with Gasteiger partial charge in [0.1, 0.15) is 0 Å². The highest BCUT2D eigenvalue weighted by Gasteiger charge is 2.33. The molecule has 1 amide bonds. The van der Waals surface area contributed by atoms with Gasteiger partial charge in [0.2, 0.25) is 5.91 Å². The van der Waals surface area contributed by atoms with Gasteiger partial charge >= 0.3 is 0 Å². The van der Waals surface area contributed by atoms with Crippen LogP contribution in [0.5, 0.6) is 0 Å². The normalized spacial score (nSPS) is 21.1. The summed E-state index contributed by atoms with van der Waals surface area (Å²) < 4.78 is 5.43. The molecule has 0 radical (unpaired) electrons. The Labute approximate surface area is 192 Å². The van der Waals surface area contributed by atoms with E-state index in [4.69, 9.17) is 21.1 Å². The number of pyridine rings is 1. The van der Waals surface area contributed by atoms with Crippen LogP contribution in [0.15, 0.2) is 34.9 Å². The van der Waals surface area contributed by atoms with Gasteiger partial charge in [0, 0.05) is 34.8 Å². The number of fused-ring (bicyclic) bond motifs is 1. The third-order valence-corrected chi connectivity index (χ3v) is 7.08. The fourth-order valence-electron chi connectivity index (χ4n) is 4.57. The summed E-state index contributed by atoms with van der Waals surface area (Å²) >= 11 is 6.39. The fourth-order valence-corrected chi connectivity index (χ4v) is 4.77. The Hall–Kier alpha value is -2.73. The maximum absolute atomic E-state index is 13.2. The van der Waals surface area contributed by atoms with Crippen LogP contribution in [0.1, 0.15) is 80.1 Å². The Morgan fingerprint density at radius 1 is 1.16 bits per heavy atom. The zero-order valence-corrected chi connectivity index (χ0v) is 19.3. The molecule has 0 saturated heterocycles. The number of anilines is 1. The second kappa shape index (κ2) is 8.32. The first-order valence-corrected chi connectivity index (χ1v) is 11.7. The number of rotatable bonds is 5. The fraction of sp³-hybridized carbons (Fsp3) is 0.440. The van der Waals surface area contributed by atoms with Crippen molar-refractivity contribution in [1.29, 1.82) is 0 Å². The average molecular weight is 451 g/mol. The quantitative estimate of drug-likeness (QED) is 0.498. The van der Waals surface area contributed by atoms with Gasteiger partial charge < -0.3 is 9.84 Å². The van der Waals surface area contributed by atoms with Crippen molar-refractivity contribution >= 4 is 23.2 Å². The molecule has 5 rings (SSSR count). The summed E-state index contributed by atoms with van der Waals surface area (Å²) in [5, 5.41) is 7.64. The van der Waals surface area contributed by atoms with Crippen molar-refractivity contribution < 1.29 is 9.32 Å². The summed E-state index contributed by atoms with van der Waals surface area (Å²) in [4.78, 5) is 22.5. The molecule has 0 bridgehead atoms. The van der Waals surface area contributed by atoms with Crippen LogP contribution in [0.3, 0.4) is 0 Å². The van der Waals surface area contributed by atoms with Gasteiger partial charge in [-0.05, 0) is 68.4 Å². The van der Waals surface area contributed by atoms with Crippen LogP contribution in [-0.4, -0.2) is 21.0 Å². The smallest absolute Gasteiger partial charge is 0.259 e. The van der Waals surface area contributed by atoms with Gasteiger partial charge in [0.25, 0.3) is 5.89 Å². The molecular formula is C25H27ClN4O2. The van der Waals surface area contributed by atoms with Gasteiger partial charge in [-0.15, -0.1) is 0 Å². The van der Waals surface area contributed by atoms with Crippen LogP contribution in [-0.2, 0) is 4.79 Å². The van der Waals surface area contributed by atoms with Gasteiger partial charge in [0.15, 0.2) is 5.82 Å². The summed E-state index contributed by atoms with van der Waals surface area (Å²) in [7, 11) is 0. The van der Waals surface area contributed by atoms with Crippen LogP contribution in [0.4, 0.5) is 5.69 Å². The van der Waals surface area contributed by atoms with Crippen molar-refractivity contribution in [3.05, 3.63) is 58.1 Å². The molecule has 6 nitrogen and oxygen atoms in total. The predicted octanol–water partition coefficient (Wildman–Crippen LogP) is 6.23. The van der Waals surface area contributed by atoms with E-state index in [1.807, 2.05) is 13.8 Å². The molecule has 1 aromatic carbocycles. The van der Waals surface area contributed by atoms with E-state index in [0.717, 1.165) is 42.9 Å². The Balaban J connectivity index is 1.36. The number of hydrogen-bond donors (Lipinski definition) is 1. The van der Waals surface area contributed by atoms with E-state index in [0.29, 0.717) is 34.0 Å². The van der Waals surface area contributed by atoms with E-state index >= 15 is 0 Å². The number of hydrogen-bond acceptors (Lipinski definition) is 5. The Morgan fingerprint density at radius 2 is 1.97 bits per heavy atom. The van der Waals surface area contributed by atoms with Crippen LogP contribution < -0.4 is 5.32 Å². The van der Waals surface area contributed by atoms with Crippen LogP contribution in [0, 0.1) is 12.8 Å². The number of benzene rings is 1. The lowest BCUT2D eigenvalue weighted by Gasteiger charge is -2.32. The lowest BCUT2D eigenvalue weighted by molar-refractivity contribution is -0.120. The van der Waals surface area contributed by atoms with E-state index < -0.39 is 0 Å². The molecule has 2 heterocycles. The lowest BCUT2D eigenvalue weighted by atomic mass is 9.75. The summed E-state index contributed by atoms with van der Waals surface area (Å²) in [6.07, 6.45) is 4.21. The van der Waals surface area contributed by atoms with Crippen molar-refractivity contribution in [2.45, 2.75) is 64.2 Å². The number of aromatic nitrogens is 3. The molecule has 166 valence electrons. The lowest BCUT2D eigenvalue weighted by Crippen LogP contribution is -2.29. The number of aryl methyl sites for hydroxylation is 1. The van der Waals surface area contributed by atoms with Gasteiger partial charge in [-0.1, -0.05) is 36.7 Å². The Morgan fingerprint density at radius 3 is 2.75 bits per heavy atom. The zero-order chi connectivity index (χ0) is 22.4. The molecule has 0 spiro atoms. The largest absolute Gasteiger partial charge is 0.334 e. The van der Waals surface area contributed by atoms with Gasteiger partial charge in [-0.25, -0.2) is 0 Å². The third-order valence-electron chi connectivity index (χ3n) is 6.76. The van der Waals surface area contributed by atoms with Crippen LogP contribution in [0.2, 0.25) is 5.02 Å². The maximum atomic E-state index is 13.2. The Bertz CT molecular complexity index is 1170. The molecule has 0 unspecified atom stereocenters. The van der Waals surface area contributed by atoms with Crippen molar-refractivity contribution in [2.24, 2.45) is 5.92 Å². The van der Waals surface area contributed by atoms with E-state index in [9.17, 15) is 4.79 Å². The van der Waals surface area contributed by atoms with Gasteiger partial charge in [-0.2, -0.15) is 4.98 Å². The topological polar surface area (TPSA) is 80.9 Å². The molecule has 1 fully saturated rings. The van der Waals surface area contributed by atoms with E-state index in [2.05, 4.69) is 34.5 Å². The number of carbonyl (C=O) groups is 1. The maximum Gasteiger partial charge on any atom is 0.259 e. The highest BCUT2D eigenvalue weighted by molar-refractivity contribution is 6.33. The number of nitrogens with one attached hydrogen (secondary N) is 1. The molecule has 7 heteroatoms. The molecule has 2 aliphatic rings. The van der Waals surface area contributed by atoms with Crippen molar-refractivity contribution in [3.63, 3.8) is 0 Å². The summed E-state index contributed by atoms with van der Waals surface area (Å²) in [6, 6.07) is 9.58. The second-order valence-electron chi connectivity index (χ2n) is 9.22. The molecule has 3 aromatic rings. The molecule has 2 aliphatic carbocycles. The van der Waals surface area contributed by atoms with Gasteiger partial charge in [-0.3, -0.25) is 9.78 Å². The SMILES string of the molecule is Cc1ccc2c(n1)[C@H]([C@@H](C)C(=O)Nc1ccc(Cl)c(-c3nc(C4CC4)no3)c1)CC[C@H]2C. The number of amides is 1. The van der Waals surface area contributed by atoms with Crippen molar-refractivity contribution in [1.82, 2.24) is 15.1 Å². The highest BCUT2D eigenvalue weighted by atomic mass is 35.5. The minimum absolute atomic E-state index is 0.0312. The van der Waals surface area contributed by atoms with E-state index in [1.54, 1.807) is 18.2 Å². The number of carbonyl (C=O) groups excluding carboxylic acids is 1. The first-order valence-electron chi connectivity index (χ1n) is 11.3. The van der Waals surface area contributed by atoms with Crippen LogP contribution >= 0.6 is 11.6 Å². The highest BCUT2D eigenvalue weighted by Crippen LogP contribution is 2.42. The van der Waals surface area contributed by atoms with Crippen molar-refractivity contribution in [3.8, 4) is 11.5 Å². The van der Waals surface area contributed by atoms with Gasteiger partial charge in [0.05, 0.1) is 10.6 Å². The molecule has 2 aromatic heterocycles. The molecule has 1 N–H and O–H groups in total. The molecular weight excluding hydrogens is 424 g/mol. The number of nitrogens with zero attached hydrogens (tertiary/aromatic N) is 3.